The fourth-order valence-electron chi connectivity index (χ4n) is 2.29. The fraction of sp³-hybridized carbons (Fsp3) is 0.471. The summed E-state index contributed by atoms with van der Waals surface area (Å²) in [5.41, 5.74) is 1.63. The van der Waals surface area contributed by atoms with E-state index < -0.39 is 5.60 Å². The van der Waals surface area contributed by atoms with Crippen LogP contribution in [0.4, 0.5) is 4.79 Å². The van der Waals surface area contributed by atoms with Gasteiger partial charge in [-0.25, -0.2) is 4.79 Å². The molecule has 1 amide bonds. The first-order valence-electron chi connectivity index (χ1n) is 7.23. The van der Waals surface area contributed by atoms with Crippen molar-refractivity contribution in [3.8, 4) is 5.75 Å². The van der Waals surface area contributed by atoms with E-state index in [1.165, 1.54) is 0 Å². The number of ether oxygens (including phenoxy) is 2. The highest BCUT2D eigenvalue weighted by Gasteiger charge is 2.25. The Morgan fingerprint density at radius 1 is 1.48 bits per heavy atom. The zero-order valence-electron chi connectivity index (χ0n) is 13.0. The standard InChI is InChI=1S/C17H23NO3/c1-5-7-13-8-6-9-14-12-18(10-11-20-15(13)14)16(19)21-17(2,3)4/h5-6,8-9H,1,7,10-12H2,2-4H3. The second kappa shape index (κ2) is 6.20. The molecule has 0 aliphatic carbocycles. The zero-order valence-corrected chi connectivity index (χ0v) is 13.0. The molecule has 0 saturated heterocycles. The van der Waals surface area contributed by atoms with Crippen molar-refractivity contribution in [2.24, 2.45) is 0 Å². The van der Waals surface area contributed by atoms with Gasteiger partial charge in [-0.3, -0.25) is 0 Å². The van der Waals surface area contributed by atoms with Crippen LogP contribution in [0.2, 0.25) is 0 Å². The first-order chi connectivity index (χ1) is 9.90. The summed E-state index contributed by atoms with van der Waals surface area (Å²) in [7, 11) is 0. The van der Waals surface area contributed by atoms with Gasteiger partial charge in [-0.15, -0.1) is 6.58 Å². The largest absolute Gasteiger partial charge is 0.491 e. The number of carbonyl (C=O) groups excluding carboxylic acids is 1. The maximum absolute atomic E-state index is 12.2. The summed E-state index contributed by atoms with van der Waals surface area (Å²) in [5.74, 6) is 0.878. The van der Waals surface area contributed by atoms with Gasteiger partial charge in [0, 0.05) is 5.56 Å². The Kier molecular flexibility index (Phi) is 4.56. The van der Waals surface area contributed by atoms with Crippen molar-refractivity contribution in [1.82, 2.24) is 4.90 Å². The molecule has 1 aliphatic heterocycles. The number of para-hydroxylation sites is 1. The molecule has 114 valence electrons. The Labute approximate surface area is 126 Å². The molecule has 0 radical (unpaired) electrons. The third-order valence-electron chi connectivity index (χ3n) is 3.16. The van der Waals surface area contributed by atoms with Gasteiger partial charge in [0.15, 0.2) is 0 Å². The van der Waals surface area contributed by atoms with Crippen LogP contribution < -0.4 is 4.74 Å². The number of amides is 1. The molecule has 0 atom stereocenters. The van der Waals surface area contributed by atoms with E-state index in [0.29, 0.717) is 19.7 Å². The van der Waals surface area contributed by atoms with Crippen molar-refractivity contribution in [2.75, 3.05) is 13.2 Å². The molecule has 0 N–H and O–H groups in total. The average Bonchev–Trinajstić information content (AvgIpc) is 2.60. The van der Waals surface area contributed by atoms with Crippen LogP contribution in [-0.4, -0.2) is 29.7 Å². The van der Waals surface area contributed by atoms with Crippen molar-refractivity contribution in [1.29, 1.82) is 0 Å². The molecule has 0 saturated carbocycles. The quantitative estimate of drug-likeness (QED) is 0.782. The molecule has 2 rings (SSSR count). The number of hydrogen-bond acceptors (Lipinski definition) is 3. The summed E-state index contributed by atoms with van der Waals surface area (Å²) in [6, 6.07) is 6.01. The van der Waals surface area contributed by atoms with Crippen molar-refractivity contribution >= 4 is 6.09 Å². The molecule has 0 spiro atoms. The molecular weight excluding hydrogens is 266 g/mol. The van der Waals surface area contributed by atoms with Crippen LogP contribution in [0.1, 0.15) is 31.9 Å². The van der Waals surface area contributed by atoms with Crippen LogP contribution in [-0.2, 0) is 17.7 Å². The van der Waals surface area contributed by atoms with Crippen LogP contribution in [0, 0.1) is 0 Å². The van der Waals surface area contributed by atoms with E-state index in [4.69, 9.17) is 9.47 Å². The molecule has 4 heteroatoms. The zero-order chi connectivity index (χ0) is 15.5. The number of hydrogen-bond donors (Lipinski definition) is 0. The molecule has 0 unspecified atom stereocenters. The van der Waals surface area contributed by atoms with Crippen molar-refractivity contribution in [3.05, 3.63) is 42.0 Å². The van der Waals surface area contributed by atoms with Gasteiger partial charge in [0.05, 0.1) is 13.1 Å². The predicted octanol–water partition coefficient (Wildman–Crippen LogP) is 3.54. The second-order valence-corrected chi connectivity index (χ2v) is 6.15. The smallest absolute Gasteiger partial charge is 0.410 e. The summed E-state index contributed by atoms with van der Waals surface area (Å²) >= 11 is 0. The monoisotopic (exact) mass is 289 g/mol. The van der Waals surface area contributed by atoms with Crippen LogP contribution >= 0.6 is 0 Å². The highest BCUT2D eigenvalue weighted by molar-refractivity contribution is 5.68. The highest BCUT2D eigenvalue weighted by atomic mass is 16.6. The number of allylic oxidation sites excluding steroid dienone is 1. The lowest BCUT2D eigenvalue weighted by atomic mass is 10.1. The van der Waals surface area contributed by atoms with E-state index in [0.717, 1.165) is 23.3 Å². The van der Waals surface area contributed by atoms with Gasteiger partial charge < -0.3 is 14.4 Å². The Morgan fingerprint density at radius 3 is 2.90 bits per heavy atom. The Hall–Kier alpha value is -1.97. The van der Waals surface area contributed by atoms with E-state index in [2.05, 4.69) is 6.58 Å². The molecule has 4 nitrogen and oxygen atoms in total. The van der Waals surface area contributed by atoms with Crippen molar-refractivity contribution in [2.45, 2.75) is 39.3 Å². The first-order valence-corrected chi connectivity index (χ1v) is 7.23. The molecule has 1 aliphatic rings. The third-order valence-corrected chi connectivity index (χ3v) is 3.16. The predicted molar refractivity (Wildman–Crippen MR) is 82.5 cm³/mol. The van der Waals surface area contributed by atoms with Gasteiger partial charge in [-0.1, -0.05) is 24.3 Å². The average molecular weight is 289 g/mol. The lowest BCUT2D eigenvalue weighted by molar-refractivity contribution is 0.0225. The minimum absolute atomic E-state index is 0.298. The summed E-state index contributed by atoms with van der Waals surface area (Å²) in [4.78, 5) is 13.9. The van der Waals surface area contributed by atoms with Gasteiger partial charge in [-0.05, 0) is 32.8 Å². The van der Waals surface area contributed by atoms with Crippen LogP contribution in [0.15, 0.2) is 30.9 Å². The summed E-state index contributed by atoms with van der Waals surface area (Å²) in [6.45, 7) is 10.9. The molecule has 1 aromatic carbocycles. The van der Waals surface area contributed by atoms with Gasteiger partial charge in [0.1, 0.15) is 18.0 Å². The number of carbonyl (C=O) groups is 1. The Balaban J connectivity index is 2.19. The van der Waals surface area contributed by atoms with Crippen molar-refractivity contribution < 1.29 is 14.3 Å². The summed E-state index contributed by atoms with van der Waals surface area (Å²) < 4.78 is 11.3. The first kappa shape index (κ1) is 15.4. The van der Waals surface area contributed by atoms with Gasteiger partial charge in [0.25, 0.3) is 0 Å². The lowest BCUT2D eigenvalue weighted by Gasteiger charge is -2.26. The van der Waals surface area contributed by atoms with E-state index in [1.807, 2.05) is 45.0 Å². The lowest BCUT2D eigenvalue weighted by Crippen LogP contribution is -2.37. The van der Waals surface area contributed by atoms with E-state index in [-0.39, 0.29) is 6.09 Å². The summed E-state index contributed by atoms with van der Waals surface area (Å²) in [5, 5.41) is 0. The number of nitrogens with zero attached hydrogens (tertiary/aromatic N) is 1. The topological polar surface area (TPSA) is 38.8 Å². The highest BCUT2D eigenvalue weighted by Crippen LogP contribution is 2.28. The number of benzene rings is 1. The van der Waals surface area contributed by atoms with Crippen LogP contribution in [0.5, 0.6) is 5.75 Å². The van der Waals surface area contributed by atoms with Gasteiger partial charge >= 0.3 is 6.09 Å². The summed E-state index contributed by atoms with van der Waals surface area (Å²) in [6.07, 6.45) is 2.32. The molecule has 1 aromatic rings. The maximum atomic E-state index is 12.2. The molecule has 0 bridgehead atoms. The molecule has 0 fully saturated rings. The Morgan fingerprint density at radius 2 is 2.24 bits per heavy atom. The molecule has 21 heavy (non-hydrogen) atoms. The molecular formula is C17H23NO3. The third kappa shape index (κ3) is 4.00. The minimum Gasteiger partial charge on any atom is -0.491 e. The van der Waals surface area contributed by atoms with Crippen LogP contribution in [0.3, 0.4) is 0 Å². The SMILES string of the molecule is C=CCc1cccc2c1OCCN(C(=O)OC(C)(C)C)C2. The van der Waals surface area contributed by atoms with E-state index in [1.54, 1.807) is 4.90 Å². The maximum Gasteiger partial charge on any atom is 0.410 e. The fourth-order valence-corrected chi connectivity index (χ4v) is 2.29. The molecule has 0 aromatic heterocycles. The second-order valence-electron chi connectivity index (χ2n) is 6.15. The normalized spacial score (nSPS) is 14.7. The van der Waals surface area contributed by atoms with Gasteiger partial charge in [0.2, 0.25) is 0 Å². The minimum atomic E-state index is -0.488. The van der Waals surface area contributed by atoms with Gasteiger partial charge in [-0.2, -0.15) is 0 Å². The Bertz CT molecular complexity index is 531. The van der Waals surface area contributed by atoms with Crippen molar-refractivity contribution in [3.63, 3.8) is 0 Å². The van der Waals surface area contributed by atoms with E-state index >= 15 is 0 Å². The number of rotatable bonds is 2. The van der Waals surface area contributed by atoms with E-state index in [9.17, 15) is 4.79 Å². The van der Waals surface area contributed by atoms with Crippen LogP contribution in [0.25, 0.3) is 0 Å². The molecule has 1 heterocycles. The number of fused-ring (bicyclic) bond motifs is 1.